The summed E-state index contributed by atoms with van der Waals surface area (Å²) in [6.45, 7) is 4.83. The zero-order valence-electron chi connectivity index (χ0n) is 19.4. The molecule has 1 N–H and O–H groups in total. The van der Waals surface area contributed by atoms with E-state index in [1.165, 1.54) is 36.0 Å². The van der Waals surface area contributed by atoms with Crippen molar-refractivity contribution in [2.75, 3.05) is 13.2 Å². The molecule has 6 nitrogen and oxygen atoms in total. The van der Waals surface area contributed by atoms with Gasteiger partial charge in [0.1, 0.15) is 0 Å². The lowest BCUT2D eigenvalue weighted by Crippen LogP contribution is -2.57. The van der Waals surface area contributed by atoms with E-state index in [2.05, 4.69) is 21.4 Å². The highest BCUT2D eigenvalue weighted by Crippen LogP contribution is 2.60. The Morgan fingerprint density at radius 1 is 1.18 bits per heavy atom. The molecule has 5 aliphatic rings. The number of carbonyl (C=O) groups is 2. The number of amides is 2. The van der Waals surface area contributed by atoms with Crippen LogP contribution in [0.15, 0.2) is 21.5 Å². The lowest BCUT2D eigenvalue weighted by Gasteiger charge is -2.55. The van der Waals surface area contributed by atoms with E-state index in [4.69, 9.17) is 21.7 Å². The summed E-state index contributed by atoms with van der Waals surface area (Å²) >= 11 is 10.2. The minimum absolute atomic E-state index is 0.0356. The molecule has 6 rings (SSSR count). The van der Waals surface area contributed by atoms with Crippen molar-refractivity contribution in [1.29, 1.82) is 0 Å². The van der Waals surface area contributed by atoms with Crippen molar-refractivity contribution in [3.05, 3.63) is 27.1 Å². The van der Waals surface area contributed by atoms with Crippen LogP contribution in [0.3, 0.4) is 0 Å². The summed E-state index contributed by atoms with van der Waals surface area (Å²) in [5.74, 6) is 2.87. The second kappa shape index (κ2) is 9.47. The van der Waals surface area contributed by atoms with Gasteiger partial charge in [-0.2, -0.15) is 5.01 Å². The standard InChI is InChI=1S/C25H29BrN2O4S2/c1-3-31-19-9-14(8-18(26)21(19)32-4-2)10-20-22(29)28(24(33)34-20)27-23(30)25-11-15-5-16(12-25)7-17(6-15)13-25/h8-10,15-17H,3-7,11-13H2,1-2H3,(H,27,30)/b20-10+. The number of nitrogens with one attached hydrogen (secondary N) is 1. The minimum Gasteiger partial charge on any atom is -0.490 e. The molecule has 0 atom stereocenters. The molecule has 0 radical (unpaired) electrons. The second-order valence-corrected chi connectivity index (χ2v) is 12.4. The molecule has 1 heterocycles. The fourth-order valence-electron chi connectivity index (χ4n) is 6.54. The Balaban J connectivity index is 1.34. The van der Waals surface area contributed by atoms with Crippen LogP contribution in [0.1, 0.15) is 57.9 Å². The van der Waals surface area contributed by atoms with Crippen LogP contribution in [-0.2, 0) is 9.59 Å². The maximum absolute atomic E-state index is 13.4. The van der Waals surface area contributed by atoms with Crippen LogP contribution in [0.25, 0.3) is 6.08 Å². The van der Waals surface area contributed by atoms with Gasteiger partial charge in [-0.3, -0.25) is 15.0 Å². The molecule has 182 valence electrons. The normalized spacial score (nSPS) is 30.9. The highest BCUT2D eigenvalue weighted by molar-refractivity contribution is 9.10. The van der Waals surface area contributed by atoms with Crippen molar-refractivity contribution >= 4 is 62.1 Å². The van der Waals surface area contributed by atoms with Crippen molar-refractivity contribution in [3.63, 3.8) is 0 Å². The average Bonchev–Trinajstić information content (AvgIpc) is 3.02. The Hall–Kier alpha value is -1.58. The number of nitrogens with zero attached hydrogens (tertiary/aromatic N) is 1. The summed E-state index contributed by atoms with van der Waals surface area (Å²) in [6.07, 6.45) is 8.38. The van der Waals surface area contributed by atoms with Gasteiger partial charge in [0.15, 0.2) is 15.8 Å². The zero-order chi connectivity index (χ0) is 24.0. The second-order valence-electron chi connectivity index (χ2n) is 9.85. The number of thiocarbonyl (C=S) groups is 1. The smallest absolute Gasteiger partial charge is 0.285 e. The Morgan fingerprint density at radius 3 is 2.38 bits per heavy atom. The van der Waals surface area contributed by atoms with E-state index < -0.39 is 0 Å². The van der Waals surface area contributed by atoms with E-state index in [1.54, 1.807) is 6.08 Å². The van der Waals surface area contributed by atoms with Crippen LogP contribution in [0.5, 0.6) is 11.5 Å². The predicted octanol–water partition coefficient (Wildman–Crippen LogP) is 5.70. The average molecular weight is 566 g/mol. The van der Waals surface area contributed by atoms with Gasteiger partial charge in [-0.25, -0.2) is 0 Å². The number of rotatable bonds is 7. The zero-order valence-corrected chi connectivity index (χ0v) is 22.6. The molecule has 2 amide bonds. The van der Waals surface area contributed by atoms with E-state index in [0.717, 1.165) is 29.3 Å². The van der Waals surface area contributed by atoms with E-state index >= 15 is 0 Å². The van der Waals surface area contributed by atoms with Crippen LogP contribution in [0, 0.1) is 23.2 Å². The van der Waals surface area contributed by atoms with Gasteiger partial charge < -0.3 is 9.47 Å². The molecule has 0 aromatic heterocycles. The number of halogens is 1. The lowest BCUT2D eigenvalue weighted by atomic mass is 9.49. The van der Waals surface area contributed by atoms with Crippen molar-refractivity contribution in [2.24, 2.45) is 23.2 Å². The minimum atomic E-state index is -0.339. The van der Waals surface area contributed by atoms with Gasteiger partial charge >= 0.3 is 0 Å². The van der Waals surface area contributed by atoms with E-state index in [0.29, 0.717) is 51.7 Å². The summed E-state index contributed by atoms with van der Waals surface area (Å²) in [4.78, 5) is 27.1. The first-order chi connectivity index (χ1) is 16.3. The van der Waals surface area contributed by atoms with Crippen LogP contribution in [0.4, 0.5) is 0 Å². The molecule has 5 fully saturated rings. The summed E-state index contributed by atoms with van der Waals surface area (Å²) in [7, 11) is 0. The molecule has 1 aromatic rings. The fraction of sp³-hybridized carbons (Fsp3) is 0.560. The number of hydrogen-bond donors (Lipinski definition) is 1. The van der Waals surface area contributed by atoms with Crippen molar-refractivity contribution in [2.45, 2.75) is 52.4 Å². The molecular weight excluding hydrogens is 536 g/mol. The largest absolute Gasteiger partial charge is 0.490 e. The Bertz CT molecular complexity index is 1040. The lowest BCUT2D eigenvalue weighted by molar-refractivity contribution is -0.152. The van der Waals surface area contributed by atoms with Crippen molar-refractivity contribution in [3.8, 4) is 11.5 Å². The molecule has 34 heavy (non-hydrogen) atoms. The number of hydrogen-bond acceptors (Lipinski definition) is 6. The number of benzene rings is 1. The number of carbonyl (C=O) groups excluding carboxylic acids is 2. The molecule has 1 saturated heterocycles. The number of thioether (sulfide) groups is 1. The fourth-order valence-corrected chi connectivity index (χ4v) is 8.30. The van der Waals surface area contributed by atoms with E-state index in [-0.39, 0.29) is 17.2 Å². The summed E-state index contributed by atoms with van der Waals surface area (Å²) < 4.78 is 12.5. The van der Waals surface area contributed by atoms with Gasteiger partial charge in [-0.1, -0.05) is 11.8 Å². The molecule has 0 unspecified atom stereocenters. The van der Waals surface area contributed by atoms with Crippen LogP contribution in [-0.4, -0.2) is 34.4 Å². The molecule has 4 bridgehead atoms. The summed E-state index contributed by atoms with van der Waals surface area (Å²) in [5.41, 5.74) is 3.35. The third-order valence-electron chi connectivity index (χ3n) is 7.45. The van der Waals surface area contributed by atoms with Gasteiger partial charge in [-0.05, 0) is 122 Å². The quantitative estimate of drug-likeness (QED) is 0.338. The van der Waals surface area contributed by atoms with Gasteiger partial charge in [-0.15, -0.1) is 0 Å². The molecule has 0 spiro atoms. The first-order valence-corrected chi connectivity index (χ1v) is 14.0. The van der Waals surface area contributed by atoms with E-state index in [1.807, 2.05) is 26.0 Å². The summed E-state index contributed by atoms with van der Waals surface area (Å²) in [6, 6.07) is 3.73. The predicted molar refractivity (Wildman–Crippen MR) is 140 cm³/mol. The van der Waals surface area contributed by atoms with Crippen LogP contribution >= 0.6 is 39.9 Å². The monoisotopic (exact) mass is 564 g/mol. The van der Waals surface area contributed by atoms with Gasteiger partial charge in [0.2, 0.25) is 5.91 Å². The van der Waals surface area contributed by atoms with Gasteiger partial charge in [0.05, 0.1) is 28.0 Å². The van der Waals surface area contributed by atoms with E-state index in [9.17, 15) is 9.59 Å². The highest BCUT2D eigenvalue weighted by atomic mass is 79.9. The number of ether oxygens (including phenoxy) is 2. The maximum Gasteiger partial charge on any atom is 0.285 e. The van der Waals surface area contributed by atoms with Crippen molar-refractivity contribution in [1.82, 2.24) is 10.4 Å². The SMILES string of the molecule is CCOc1cc(/C=C2/SC(=S)N(NC(=O)C34CC5CC(CC(C5)C3)C4)C2=O)cc(Br)c1OCC. The molecule has 1 aliphatic heterocycles. The van der Waals surface area contributed by atoms with Gasteiger partial charge in [0, 0.05) is 0 Å². The topological polar surface area (TPSA) is 67.9 Å². The van der Waals surface area contributed by atoms with Crippen LogP contribution in [0.2, 0.25) is 0 Å². The first kappa shape index (κ1) is 24.1. The van der Waals surface area contributed by atoms with Crippen LogP contribution < -0.4 is 14.9 Å². The Labute approximate surface area is 218 Å². The first-order valence-electron chi connectivity index (χ1n) is 12.0. The Morgan fingerprint density at radius 2 is 1.79 bits per heavy atom. The highest BCUT2D eigenvalue weighted by Gasteiger charge is 2.55. The molecule has 4 saturated carbocycles. The molecular formula is C25H29BrN2O4S2. The summed E-state index contributed by atoms with van der Waals surface area (Å²) in [5, 5.41) is 1.26. The third kappa shape index (κ3) is 4.39. The van der Waals surface area contributed by atoms with Gasteiger partial charge in [0.25, 0.3) is 5.91 Å². The number of hydrazine groups is 1. The third-order valence-corrected chi connectivity index (χ3v) is 9.34. The molecule has 1 aromatic carbocycles. The maximum atomic E-state index is 13.4. The molecule has 4 aliphatic carbocycles. The Kier molecular flexibility index (Phi) is 6.72. The molecule has 9 heteroatoms. The van der Waals surface area contributed by atoms with Crippen molar-refractivity contribution < 1.29 is 19.1 Å².